The molecule has 7 heteroatoms. The highest BCUT2D eigenvalue weighted by atomic mass is 16.4. The van der Waals surface area contributed by atoms with Gasteiger partial charge in [-0.3, -0.25) is 9.59 Å². The van der Waals surface area contributed by atoms with E-state index in [0.717, 1.165) is 11.1 Å². The van der Waals surface area contributed by atoms with Gasteiger partial charge in [-0.25, -0.2) is 0 Å². The van der Waals surface area contributed by atoms with Gasteiger partial charge in [0.1, 0.15) is 0 Å². The van der Waals surface area contributed by atoms with Crippen molar-refractivity contribution < 1.29 is 14.0 Å². The Morgan fingerprint density at radius 2 is 1.64 bits per heavy atom. The molecule has 0 spiro atoms. The van der Waals surface area contributed by atoms with Crippen molar-refractivity contribution in [2.75, 3.05) is 10.6 Å². The van der Waals surface area contributed by atoms with Crippen molar-refractivity contribution in [2.24, 2.45) is 0 Å². The molecular formula is C21H22N4O3. The fourth-order valence-corrected chi connectivity index (χ4v) is 2.54. The van der Waals surface area contributed by atoms with Crippen LogP contribution in [0.25, 0.3) is 11.5 Å². The van der Waals surface area contributed by atoms with Crippen LogP contribution < -0.4 is 10.6 Å². The number of nitrogens with zero attached hydrogens (tertiary/aromatic N) is 2. The van der Waals surface area contributed by atoms with Crippen molar-refractivity contribution in [3.63, 3.8) is 0 Å². The van der Waals surface area contributed by atoms with Crippen molar-refractivity contribution in [1.29, 1.82) is 0 Å². The zero-order chi connectivity index (χ0) is 19.9. The first-order valence-corrected chi connectivity index (χ1v) is 9.12. The van der Waals surface area contributed by atoms with Crippen LogP contribution in [0.15, 0.2) is 52.9 Å². The van der Waals surface area contributed by atoms with Gasteiger partial charge >= 0.3 is 0 Å². The summed E-state index contributed by atoms with van der Waals surface area (Å²) in [5, 5.41) is 13.6. The Labute approximate surface area is 163 Å². The molecule has 2 aromatic carbocycles. The zero-order valence-corrected chi connectivity index (χ0v) is 15.9. The lowest BCUT2D eigenvalue weighted by atomic mass is 10.1. The number of benzene rings is 2. The van der Waals surface area contributed by atoms with Crippen molar-refractivity contribution in [3.8, 4) is 11.5 Å². The van der Waals surface area contributed by atoms with E-state index < -0.39 is 0 Å². The predicted molar refractivity (Wildman–Crippen MR) is 107 cm³/mol. The maximum Gasteiger partial charge on any atom is 0.247 e. The minimum Gasteiger partial charge on any atom is -0.421 e. The molecule has 28 heavy (non-hydrogen) atoms. The van der Waals surface area contributed by atoms with Crippen LogP contribution in [0.4, 0.5) is 11.4 Å². The summed E-state index contributed by atoms with van der Waals surface area (Å²) in [5.41, 5.74) is 3.26. The fourth-order valence-electron chi connectivity index (χ4n) is 2.54. The molecule has 0 aliphatic heterocycles. The number of anilines is 2. The van der Waals surface area contributed by atoms with E-state index in [9.17, 15) is 9.59 Å². The second kappa shape index (κ2) is 8.94. The Bertz CT molecular complexity index is 964. The molecule has 0 aliphatic rings. The van der Waals surface area contributed by atoms with Gasteiger partial charge in [0.15, 0.2) is 0 Å². The number of aromatic nitrogens is 2. The number of hydrogen-bond acceptors (Lipinski definition) is 5. The van der Waals surface area contributed by atoms with Crippen LogP contribution in [-0.4, -0.2) is 22.0 Å². The Morgan fingerprint density at radius 1 is 0.964 bits per heavy atom. The van der Waals surface area contributed by atoms with Crippen molar-refractivity contribution in [1.82, 2.24) is 10.2 Å². The third-order valence-corrected chi connectivity index (χ3v) is 4.08. The Balaban J connectivity index is 1.54. The molecule has 3 rings (SSSR count). The lowest BCUT2D eigenvalue weighted by molar-refractivity contribution is -0.116. The first-order valence-electron chi connectivity index (χ1n) is 9.12. The van der Waals surface area contributed by atoms with Crippen LogP contribution in [0.2, 0.25) is 0 Å². The van der Waals surface area contributed by atoms with Gasteiger partial charge < -0.3 is 15.1 Å². The van der Waals surface area contributed by atoms with Crippen LogP contribution in [0.5, 0.6) is 0 Å². The molecule has 0 saturated carbocycles. The average molecular weight is 378 g/mol. The van der Waals surface area contributed by atoms with E-state index in [1.54, 1.807) is 31.2 Å². The second-order valence-corrected chi connectivity index (χ2v) is 6.40. The van der Waals surface area contributed by atoms with Gasteiger partial charge in [-0.2, -0.15) is 0 Å². The molecule has 144 valence electrons. The Hall–Kier alpha value is -3.48. The molecule has 1 heterocycles. The van der Waals surface area contributed by atoms with Crippen LogP contribution in [0.1, 0.15) is 31.2 Å². The largest absolute Gasteiger partial charge is 0.421 e. The normalized spacial score (nSPS) is 10.5. The van der Waals surface area contributed by atoms with E-state index in [1.807, 2.05) is 31.2 Å². The van der Waals surface area contributed by atoms with E-state index in [4.69, 9.17) is 4.42 Å². The summed E-state index contributed by atoms with van der Waals surface area (Å²) in [6, 6.07) is 14.8. The molecule has 3 aromatic rings. The van der Waals surface area contributed by atoms with Crippen molar-refractivity contribution >= 4 is 23.2 Å². The van der Waals surface area contributed by atoms with Crippen LogP contribution in [0, 0.1) is 6.92 Å². The molecular weight excluding hydrogens is 356 g/mol. The molecule has 1 aromatic heterocycles. The maximum absolute atomic E-state index is 12.2. The van der Waals surface area contributed by atoms with E-state index in [2.05, 4.69) is 20.8 Å². The molecule has 0 atom stereocenters. The molecule has 0 aliphatic carbocycles. The first-order chi connectivity index (χ1) is 13.5. The highest BCUT2D eigenvalue weighted by Crippen LogP contribution is 2.19. The lowest BCUT2D eigenvalue weighted by Crippen LogP contribution is -2.13. The number of carbonyl (C=O) groups is 2. The van der Waals surface area contributed by atoms with Gasteiger partial charge in [-0.15, -0.1) is 10.2 Å². The number of nitrogens with one attached hydrogen (secondary N) is 2. The zero-order valence-electron chi connectivity index (χ0n) is 15.9. The summed E-state index contributed by atoms with van der Waals surface area (Å²) >= 11 is 0. The maximum atomic E-state index is 12.2. The monoisotopic (exact) mass is 378 g/mol. The molecule has 0 bridgehead atoms. The molecule has 0 unspecified atom stereocenters. The van der Waals surface area contributed by atoms with Crippen molar-refractivity contribution in [2.45, 2.75) is 33.1 Å². The predicted octanol–water partition coefficient (Wildman–Crippen LogP) is 3.96. The van der Waals surface area contributed by atoms with Gasteiger partial charge in [0.25, 0.3) is 0 Å². The summed E-state index contributed by atoms with van der Waals surface area (Å²) in [4.78, 5) is 23.7. The van der Waals surface area contributed by atoms with Gasteiger partial charge in [0.2, 0.25) is 23.6 Å². The minimum atomic E-state index is -0.172. The molecule has 0 radical (unpaired) electrons. The number of rotatable bonds is 7. The standard InChI is InChI=1S/C21H22N4O3/c1-3-18(26)22-16-5-4-6-17(13-16)23-19(27)11-12-20-24-25-21(28-20)15-9-7-14(2)8-10-15/h4-10,13H,3,11-12H2,1-2H3,(H,22,26)(H,23,27). The average Bonchev–Trinajstić information content (AvgIpc) is 3.16. The molecule has 0 fully saturated rings. The van der Waals surface area contributed by atoms with Gasteiger partial charge in [0.05, 0.1) is 0 Å². The second-order valence-electron chi connectivity index (χ2n) is 6.40. The number of carbonyl (C=O) groups excluding carboxylic acids is 2. The van der Waals surface area contributed by atoms with Crippen LogP contribution >= 0.6 is 0 Å². The fraction of sp³-hybridized carbons (Fsp3) is 0.238. The van der Waals surface area contributed by atoms with Crippen LogP contribution in [-0.2, 0) is 16.0 Å². The molecule has 2 N–H and O–H groups in total. The summed E-state index contributed by atoms with van der Waals surface area (Å²) in [6.07, 6.45) is 0.948. The van der Waals surface area contributed by atoms with E-state index in [-0.39, 0.29) is 18.2 Å². The topological polar surface area (TPSA) is 97.1 Å². The number of hydrogen-bond donors (Lipinski definition) is 2. The third-order valence-electron chi connectivity index (χ3n) is 4.08. The summed E-state index contributed by atoms with van der Waals surface area (Å²) in [7, 11) is 0. The number of aryl methyl sites for hydroxylation is 2. The highest BCUT2D eigenvalue weighted by Gasteiger charge is 2.11. The summed E-state index contributed by atoms with van der Waals surface area (Å²) < 4.78 is 5.64. The molecule has 7 nitrogen and oxygen atoms in total. The Kier molecular flexibility index (Phi) is 6.16. The van der Waals surface area contributed by atoms with E-state index in [0.29, 0.717) is 36.0 Å². The minimum absolute atomic E-state index is 0.0794. The lowest BCUT2D eigenvalue weighted by Gasteiger charge is -2.08. The van der Waals surface area contributed by atoms with Gasteiger partial charge in [-0.1, -0.05) is 30.7 Å². The summed E-state index contributed by atoms with van der Waals surface area (Å²) in [6.45, 7) is 3.79. The van der Waals surface area contributed by atoms with E-state index in [1.165, 1.54) is 0 Å². The van der Waals surface area contributed by atoms with Gasteiger partial charge in [0, 0.05) is 36.2 Å². The SMILES string of the molecule is CCC(=O)Nc1cccc(NC(=O)CCc2nnc(-c3ccc(C)cc3)o2)c1. The van der Waals surface area contributed by atoms with Gasteiger partial charge in [-0.05, 0) is 37.3 Å². The smallest absolute Gasteiger partial charge is 0.247 e. The highest BCUT2D eigenvalue weighted by molar-refractivity contribution is 5.94. The first kappa shape index (κ1) is 19.3. The molecule has 0 saturated heterocycles. The Morgan fingerprint density at radius 3 is 2.32 bits per heavy atom. The van der Waals surface area contributed by atoms with Crippen LogP contribution in [0.3, 0.4) is 0 Å². The van der Waals surface area contributed by atoms with Crippen molar-refractivity contribution in [3.05, 3.63) is 60.0 Å². The van der Waals surface area contributed by atoms with E-state index >= 15 is 0 Å². The number of amides is 2. The summed E-state index contributed by atoms with van der Waals surface area (Å²) in [5.74, 6) is 0.600. The quantitative estimate of drug-likeness (QED) is 0.648. The molecule has 2 amide bonds. The third kappa shape index (κ3) is 5.26.